The summed E-state index contributed by atoms with van der Waals surface area (Å²) in [6.45, 7) is 1.43. The van der Waals surface area contributed by atoms with Crippen LogP contribution in [0.25, 0.3) is 10.9 Å². The molecule has 11 heteroatoms. The topological polar surface area (TPSA) is 124 Å². The standard InChI is InChI=1S/C25H23FN4O6/c26-19-10-17-20(30(16-3-4-16)13-18(23(17)32)25(35)36)11-21(19)28-6-8-29(9-7-28)22(31)14-27-5-1-2-15(12-27)24(33)34/h1-2,5,10-13,16H,3-4,6-9,14H2,(H-,33,34,35,36)/p+1. The lowest BCUT2D eigenvalue weighted by molar-refractivity contribution is -0.685. The number of aromatic nitrogens is 2. The molecule has 1 aromatic carbocycles. The largest absolute Gasteiger partial charge is 0.477 e. The van der Waals surface area contributed by atoms with Gasteiger partial charge in [-0.2, -0.15) is 4.57 Å². The molecule has 1 amide bonds. The van der Waals surface area contributed by atoms with Gasteiger partial charge in [0.25, 0.3) is 5.91 Å². The van der Waals surface area contributed by atoms with Crippen molar-refractivity contribution in [1.29, 1.82) is 0 Å². The average molecular weight is 495 g/mol. The number of hydrogen-bond acceptors (Lipinski definition) is 5. The maximum atomic E-state index is 15.1. The minimum atomic E-state index is -1.34. The number of aromatic carboxylic acids is 2. The highest BCUT2D eigenvalue weighted by Crippen LogP contribution is 2.38. The Kier molecular flexibility index (Phi) is 5.91. The molecule has 2 aliphatic rings. The zero-order valence-corrected chi connectivity index (χ0v) is 19.3. The third kappa shape index (κ3) is 4.39. The Morgan fingerprint density at radius 1 is 1.06 bits per heavy atom. The quantitative estimate of drug-likeness (QED) is 0.497. The Morgan fingerprint density at radius 3 is 2.42 bits per heavy atom. The van der Waals surface area contributed by atoms with Crippen LogP contribution in [0.15, 0.2) is 47.7 Å². The van der Waals surface area contributed by atoms with Crippen molar-refractivity contribution >= 4 is 34.4 Å². The summed E-state index contributed by atoms with van der Waals surface area (Å²) in [6.07, 6.45) is 6.09. The Morgan fingerprint density at radius 2 is 1.78 bits per heavy atom. The molecule has 2 fully saturated rings. The number of pyridine rings is 2. The van der Waals surface area contributed by atoms with E-state index in [9.17, 15) is 24.3 Å². The smallest absolute Gasteiger partial charge is 0.341 e. The summed E-state index contributed by atoms with van der Waals surface area (Å²) in [6, 6.07) is 5.81. The minimum Gasteiger partial charge on any atom is -0.477 e. The van der Waals surface area contributed by atoms with Gasteiger partial charge in [0.15, 0.2) is 12.4 Å². The molecule has 0 spiro atoms. The lowest BCUT2D eigenvalue weighted by atomic mass is 10.1. The Hall–Kier alpha value is -4.28. The van der Waals surface area contributed by atoms with E-state index in [0.29, 0.717) is 37.4 Å². The van der Waals surface area contributed by atoms with E-state index in [2.05, 4.69) is 0 Å². The lowest BCUT2D eigenvalue weighted by Crippen LogP contribution is -2.52. The molecule has 36 heavy (non-hydrogen) atoms. The third-order valence-electron chi connectivity index (χ3n) is 6.67. The summed E-state index contributed by atoms with van der Waals surface area (Å²) in [4.78, 5) is 51.6. The number of hydrogen-bond donors (Lipinski definition) is 2. The van der Waals surface area contributed by atoms with E-state index in [4.69, 9.17) is 5.11 Å². The van der Waals surface area contributed by atoms with Crippen LogP contribution < -0.4 is 14.9 Å². The fraction of sp³-hybridized carbons (Fsp3) is 0.320. The number of nitrogens with zero attached hydrogens (tertiary/aromatic N) is 4. The maximum absolute atomic E-state index is 15.1. The van der Waals surface area contributed by atoms with Gasteiger partial charge >= 0.3 is 11.9 Å². The van der Waals surface area contributed by atoms with E-state index in [1.54, 1.807) is 27.8 Å². The SMILES string of the molecule is O=C(O)c1ccc[n+](CC(=O)N2CCN(c3cc4c(cc3F)c(=O)c(C(=O)O)cn4C3CC3)CC2)c1. The van der Waals surface area contributed by atoms with Crippen molar-refractivity contribution in [3.8, 4) is 0 Å². The second-order valence-corrected chi connectivity index (χ2v) is 9.07. The number of carbonyl (C=O) groups is 3. The van der Waals surface area contributed by atoms with E-state index in [-0.39, 0.29) is 35.0 Å². The van der Waals surface area contributed by atoms with Gasteiger partial charge in [-0.15, -0.1) is 0 Å². The van der Waals surface area contributed by atoms with E-state index in [1.165, 1.54) is 23.0 Å². The van der Waals surface area contributed by atoms with Crippen LogP contribution in [0.3, 0.4) is 0 Å². The zero-order chi connectivity index (χ0) is 25.6. The number of piperazine rings is 1. The van der Waals surface area contributed by atoms with Gasteiger partial charge in [0, 0.05) is 49.9 Å². The number of anilines is 1. The first kappa shape index (κ1) is 23.5. The first-order chi connectivity index (χ1) is 17.2. The molecule has 2 aromatic heterocycles. The molecule has 3 aromatic rings. The summed E-state index contributed by atoms with van der Waals surface area (Å²) in [5.74, 6) is -3.21. The molecule has 0 atom stereocenters. The number of fused-ring (bicyclic) bond motifs is 1. The first-order valence-corrected chi connectivity index (χ1v) is 11.6. The van der Waals surface area contributed by atoms with Gasteiger partial charge in [-0.1, -0.05) is 0 Å². The molecule has 0 bridgehead atoms. The number of carboxylic acids is 2. The van der Waals surface area contributed by atoms with Crippen LogP contribution in [-0.4, -0.2) is 63.7 Å². The van der Waals surface area contributed by atoms with Crippen LogP contribution in [0.4, 0.5) is 10.1 Å². The number of halogens is 1. The van der Waals surface area contributed by atoms with Crippen molar-refractivity contribution in [2.45, 2.75) is 25.4 Å². The number of carbonyl (C=O) groups excluding carboxylic acids is 1. The first-order valence-electron chi connectivity index (χ1n) is 11.6. The van der Waals surface area contributed by atoms with Gasteiger partial charge in [0.2, 0.25) is 12.0 Å². The molecular weight excluding hydrogens is 471 g/mol. The number of carboxylic acid groups (broad SMARTS) is 2. The van der Waals surface area contributed by atoms with Gasteiger partial charge in [-0.05, 0) is 31.0 Å². The van der Waals surface area contributed by atoms with Crippen molar-refractivity contribution < 1.29 is 33.6 Å². The van der Waals surface area contributed by atoms with Crippen molar-refractivity contribution in [1.82, 2.24) is 9.47 Å². The lowest BCUT2D eigenvalue weighted by Gasteiger charge is -2.36. The molecule has 10 nitrogen and oxygen atoms in total. The van der Waals surface area contributed by atoms with E-state index in [0.717, 1.165) is 18.9 Å². The van der Waals surface area contributed by atoms with E-state index in [1.807, 2.05) is 4.90 Å². The van der Waals surface area contributed by atoms with Crippen molar-refractivity contribution in [2.75, 3.05) is 31.1 Å². The second-order valence-electron chi connectivity index (χ2n) is 9.07. The predicted octanol–water partition coefficient (Wildman–Crippen LogP) is 1.51. The molecule has 186 valence electrons. The molecule has 1 aliphatic heterocycles. The van der Waals surface area contributed by atoms with Crippen LogP contribution >= 0.6 is 0 Å². The van der Waals surface area contributed by atoms with Gasteiger partial charge in [0.1, 0.15) is 16.9 Å². The summed E-state index contributed by atoms with van der Waals surface area (Å²) in [7, 11) is 0. The number of rotatable bonds is 6. The van der Waals surface area contributed by atoms with Crippen molar-refractivity contribution in [3.05, 3.63) is 70.0 Å². The monoisotopic (exact) mass is 495 g/mol. The van der Waals surface area contributed by atoms with Crippen LogP contribution in [0.2, 0.25) is 0 Å². The predicted molar refractivity (Wildman–Crippen MR) is 126 cm³/mol. The van der Waals surface area contributed by atoms with Crippen molar-refractivity contribution in [3.63, 3.8) is 0 Å². The fourth-order valence-electron chi connectivity index (χ4n) is 4.61. The minimum absolute atomic E-state index is 0.00890. The molecule has 3 heterocycles. The van der Waals surface area contributed by atoms with E-state index >= 15 is 4.39 Å². The molecule has 0 radical (unpaired) electrons. The summed E-state index contributed by atoms with van der Waals surface area (Å²) >= 11 is 0. The van der Waals surface area contributed by atoms with E-state index < -0.39 is 23.2 Å². The van der Waals surface area contributed by atoms with Gasteiger partial charge in [0.05, 0.1) is 11.2 Å². The second kappa shape index (κ2) is 9.06. The molecular formula is C25H24FN4O6+. The molecule has 1 saturated heterocycles. The Balaban J connectivity index is 1.35. The zero-order valence-electron chi connectivity index (χ0n) is 19.3. The fourth-order valence-corrected chi connectivity index (χ4v) is 4.61. The number of benzene rings is 1. The van der Waals surface area contributed by atoms with Gasteiger partial charge < -0.3 is 24.6 Å². The Labute approximate surface area is 204 Å². The normalized spacial score (nSPS) is 15.8. The summed E-state index contributed by atoms with van der Waals surface area (Å²) in [5, 5.41) is 18.6. The summed E-state index contributed by atoms with van der Waals surface area (Å²) in [5.41, 5.74) is -0.200. The van der Waals surface area contributed by atoms with Crippen LogP contribution in [0, 0.1) is 5.82 Å². The van der Waals surface area contributed by atoms with Crippen LogP contribution in [0.5, 0.6) is 0 Å². The van der Waals surface area contributed by atoms with Gasteiger partial charge in [-0.3, -0.25) is 9.59 Å². The molecule has 1 aliphatic carbocycles. The van der Waals surface area contributed by atoms with Crippen molar-refractivity contribution in [2.24, 2.45) is 0 Å². The van der Waals surface area contributed by atoms with Crippen LogP contribution in [0.1, 0.15) is 39.6 Å². The molecule has 5 rings (SSSR count). The highest BCUT2D eigenvalue weighted by Gasteiger charge is 2.29. The highest BCUT2D eigenvalue weighted by molar-refractivity contribution is 5.93. The average Bonchev–Trinajstić information content (AvgIpc) is 3.70. The van der Waals surface area contributed by atoms with Gasteiger partial charge in [-0.25, -0.2) is 14.0 Å². The molecule has 2 N–H and O–H groups in total. The molecule has 0 unspecified atom stereocenters. The highest BCUT2D eigenvalue weighted by atomic mass is 19.1. The number of amides is 1. The van der Waals surface area contributed by atoms with Crippen LogP contribution in [-0.2, 0) is 11.3 Å². The maximum Gasteiger partial charge on any atom is 0.341 e. The third-order valence-corrected chi connectivity index (χ3v) is 6.67. The molecule has 1 saturated carbocycles. The summed E-state index contributed by atoms with van der Waals surface area (Å²) < 4.78 is 18.4. The Bertz CT molecular complexity index is 1460.